The molecule has 0 bridgehead atoms. The molecule has 31 heavy (non-hydrogen) atoms. The molecule has 3 aliphatic rings. The molecule has 2 aromatic rings. The van der Waals surface area contributed by atoms with Crippen LogP contribution in [-0.2, 0) is 11.3 Å². The van der Waals surface area contributed by atoms with Gasteiger partial charge in [0.1, 0.15) is 5.69 Å². The second-order valence-electron chi connectivity index (χ2n) is 9.16. The lowest BCUT2D eigenvalue weighted by atomic mass is 9.73. The standard InChI is InChI=1S/C23H33N7O/c1-3-7-23(8-4-1,18-28-13-15-31-16-14-28)19-30-21(20-17-24-9-10-25-20)26-27-22(30)29-11-5-2-6-12-29/h2,5,9-10,17H,1,3-4,6-8,11-16,18-19H2. The molecule has 8 heteroatoms. The predicted molar refractivity (Wildman–Crippen MR) is 120 cm³/mol. The van der Waals surface area contributed by atoms with E-state index in [0.717, 1.165) is 76.4 Å². The van der Waals surface area contributed by atoms with Gasteiger partial charge in [-0.05, 0) is 19.3 Å². The van der Waals surface area contributed by atoms with Crippen LogP contribution in [0.4, 0.5) is 5.95 Å². The van der Waals surface area contributed by atoms with Crippen molar-refractivity contribution in [1.29, 1.82) is 0 Å². The lowest BCUT2D eigenvalue weighted by Crippen LogP contribution is -2.46. The van der Waals surface area contributed by atoms with Gasteiger partial charge < -0.3 is 9.64 Å². The molecular formula is C23H33N7O. The highest BCUT2D eigenvalue weighted by atomic mass is 16.5. The number of aromatic nitrogens is 5. The van der Waals surface area contributed by atoms with Crippen LogP contribution in [0.15, 0.2) is 30.7 Å². The lowest BCUT2D eigenvalue weighted by Gasteiger charge is -2.43. The van der Waals surface area contributed by atoms with Gasteiger partial charge >= 0.3 is 0 Å². The molecule has 0 N–H and O–H groups in total. The summed E-state index contributed by atoms with van der Waals surface area (Å²) in [5, 5.41) is 9.28. The third kappa shape index (κ3) is 4.65. The maximum Gasteiger partial charge on any atom is 0.227 e. The van der Waals surface area contributed by atoms with Gasteiger partial charge in [-0.15, -0.1) is 10.2 Å². The van der Waals surface area contributed by atoms with Crippen molar-refractivity contribution in [2.45, 2.75) is 45.1 Å². The topological polar surface area (TPSA) is 72.2 Å². The maximum atomic E-state index is 5.61. The Labute approximate surface area is 184 Å². The van der Waals surface area contributed by atoms with Gasteiger partial charge in [-0.1, -0.05) is 31.4 Å². The van der Waals surface area contributed by atoms with Crippen molar-refractivity contribution in [1.82, 2.24) is 29.6 Å². The average Bonchev–Trinajstić information content (AvgIpc) is 3.24. The molecule has 0 unspecified atom stereocenters. The summed E-state index contributed by atoms with van der Waals surface area (Å²) in [4.78, 5) is 13.8. The van der Waals surface area contributed by atoms with E-state index >= 15 is 0 Å². The fourth-order valence-electron chi connectivity index (χ4n) is 5.34. The zero-order chi connectivity index (χ0) is 20.9. The normalized spacial score (nSPS) is 22.0. The molecule has 166 valence electrons. The zero-order valence-electron chi connectivity index (χ0n) is 18.3. The van der Waals surface area contributed by atoms with Gasteiger partial charge in [0.25, 0.3) is 0 Å². The Morgan fingerprint density at radius 1 is 0.935 bits per heavy atom. The Bertz CT molecular complexity index is 869. The van der Waals surface area contributed by atoms with Crippen molar-refractivity contribution in [2.75, 3.05) is 50.8 Å². The van der Waals surface area contributed by atoms with E-state index in [-0.39, 0.29) is 5.41 Å². The Balaban J connectivity index is 1.49. The number of hydrogen-bond acceptors (Lipinski definition) is 7. The van der Waals surface area contributed by atoms with E-state index in [4.69, 9.17) is 4.74 Å². The molecule has 0 atom stereocenters. The van der Waals surface area contributed by atoms with E-state index in [1.165, 1.54) is 32.1 Å². The molecule has 1 saturated heterocycles. The first-order chi connectivity index (χ1) is 15.3. The summed E-state index contributed by atoms with van der Waals surface area (Å²) in [6.07, 6.45) is 17.2. The molecule has 0 radical (unpaired) electrons. The minimum atomic E-state index is 0.231. The van der Waals surface area contributed by atoms with Crippen LogP contribution in [0, 0.1) is 5.41 Å². The lowest BCUT2D eigenvalue weighted by molar-refractivity contribution is 0.00244. The Morgan fingerprint density at radius 3 is 2.55 bits per heavy atom. The quantitative estimate of drug-likeness (QED) is 0.662. The number of morpholine rings is 1. The van der Waals surface area contributed by atoms with Crippen molar-refractivity contribution < 1.29 is 4.74 Å². The fourth-order valence-corrected chi connectivity index (χ4v) is 5.34. The molecule has 0 aromatic carbocycles. The second kappa shape index (κ2) is 9.44. The SMILES string of the molecule is C1=CCN(c2nnc(-c3cnccn3)n2CC2(CN3CCOCC3)CCCCC2)CC1. The van der Waals surface area contributed by atoms with Crippen molar-refractivity contribution in [2.24, 2.45) is 5.41 Å². The van der Waals surface area contributed by atoms with E-state index in [0.29, 0.717) is 0 Å². The van der Waals surface area contributed by atoms with E-state index in [9.17, 15) is 0 Å². The summed E-state index contributed by atoms with van der Waals surface area (Å²) < 4.78 is 7.95. The highest BCUT2D eigenvalue weighted by molar-refractivity contribution is 5.52. The average molecular weight is 424 g/mol. The Kier molecular flexibility index (Phi) is 6.27. The molecule has 2 aromatic heterocycles. The highest BCUT2D eigenvalue weighted by Crippen LogP contribution is 2.40. The Hall–Kier alpha value is -2.32. The van der Waals surface area contributed by atoms with Gasteiger partial charge in [-0.2, -0.15) is 0 Å². The molecule has 0 amide bonds. The molecule has 5 rings (SSSR count). The van der Waals surface area contributed by atoms with Crippen LogP contribution in [0.2, 0.25) is 0 Å². The summed E-state index contributed by atoms with van der Waals surface area (Å²) in [5.74, 6) is 1.81. The third-order valence-electron chi connectivity index (χ3n) is 6.93. The van der Waals surface area contributed by atoms with Gasteiger partial charge in [0.15, 0.2) is 5.82 Å². The van der Waals surface area contributed by atoms with Crippen molar-refractivity contribution in [3.05, 3.63) is 30.7 Å². The molecule has 8 nitrogen and oxygen atoms in total. The maximum absolute atomic E-state index is 5.61. The highest BCUT2D eigenvalue weighted by Gasteiger charge is 2.37. The van der Waals surface area contributed by atoms with Gasteiger partial charge in [0.2, 0.25) is 5.95 Å². The van der Waals surface area contributed by atoms with Crippen molar-refractivity contribution >= 4 is 5.95 Å². The second-order valence-corrected chi connectivity index (χ2v) is 9.16. The minimum absolute atomic E-state index is 0.231. The monoisotopic (exact) mass is 423 g/mol. The number of hydrogen-bond donors (Lipinski definition) is 0. The summed E-state index contributed by atoms with van der Waals surface area (Å²) in [7, 11) is 0. The number of rotatable bonds is 6. The van der Waals surface area contributed by atoms with Gasteiger partial charge in [0, 0.05) is 57.1 Å². The van der Waals surface area contributed by atoms with Crippen LogP contribution < -0.4 is 4.90 Å². The Morgan fingerprint density at radius 2 is 1.81 bits per heavy atom. The van der Waals surface area contributed by atoms with Gasteiger partial charge in [0.05, 0.1) is 19.4 Å². The van der Waals surface area contributed by atoms with E-state index in [1.807, 2.05) is 0 Å². The van der Waals surface area contributed by atoms with Crippen LogP contribution in [0.3, 0.4) is 0 Å². The predicted octanol–water partition coefficient (Wildman–Crippen LogP) is 2.78. The van der Waals surface area contributed by atoms with Crippen LogP contribution in [-0.4, -0.2) is 75.6 Å². The smallest absolute Gasteiger partial charge is 0.227 e. The summed E-state index contributed by atoms with van der Waals surface area (Å²) in [6, 6.07) is 0. The van der Waals surface area contributed by atoms with Crippen LogP contribution in [0.1, 0.15) is 38.5 Å². The fraction of sp³-hybridized carbons (Fsp3) is 0.652. The van der Waals surface area contributed by atoms with Crippen LogP contribution in [0.5, 0.6) is 0 Å². The molecule has 1 aliphatic carbocycles. The van der Waals surface area contributed by atoms with Crippen molar-refractivity contribution in [3.63, 3.8) is 0 Å². The van der Waals surface area contributed by atoms with E-state index < -0.39 is 0 Å². The summed E-state index contributed by atoms with van der Waals surface area (Å²) in [6.45, 7) is 7.67. The van der Waals surface area contributed by atoms with Gasteiger partial charge in [-0.3, -0.25) is 14.5 Å². The molecule has 4 heterocycles. The molecule has 0 spiro atoms. The van der Waals surface area contributed by atoms with Crippen LogP contribution >= 0.6 is 0 Å². The molecular weight excluding hydrogens is 390 g/mol. The summed E-state index contributed by atoms with van der Waals surface area (Å²) >= 11 is 0. The van der Waals surface area contributed by atoms with E-state index in [1.54, 1.807) is 18.6 Å². The van der Waals surface area contributed by atoms with Gasteiger partial charge in [-0.25, -0.2) is 4.98 Å². The number of nitrogens with zero attached hydrogens (tertiary/aromatic N) is 7. The van der Waals surface area contributed by atoms with Crippen LogP contribution in [0.25, 0.3) is 11.5 Å². The molecule has 2 aliphatic heterocycles. The van der Waals surface area contributed by atoms with E-state index in [2.05, 4.69) is 46.7 Å². The first-order valence-electron chi connectivity index (χ1n) is 11.7. The molecule has 2 fully saturated rings. The zero-order valence-corrected chi connectivity index (χ0v) is 18.3. The largest absolute Gasteiger partial charge is 0.379 e. The number of anilines is 1. The number of ether oxygens (including phenoxy) is 1. The first-order valence-corrected chi connectivity index (χ1v) is 11.7. The molecule has 1 saturated carbocycles. The first kappa shape index (κ1) is 20.6. The minimum Gasteiger partial charge on any atom is -0.379 e. The summed E-state index contributed by atoms with van der Waals surface area (Å²) in [5.41, 5.74) is 1.03. The third-order valence-corrected chi connectivity index (χ3v) is 6.93. The van der Waals surface area contributed by atoms with Crippen molar-refractivity contribution in [3.8, 4) is 11.5 Å².